The molecule has 0 spiro atoms. The highest BCUT2D eigenvalue weighted by Crippen LogP contribution is 2.25. The topological polar surface area (TPSA) is 57.6 Å². The van der Waals surface area contributed by atoms with Crippen molar-refractivity contribution in [2.24, 2.45) is 0 Å². The van der Waals surface area contributed by atoms with Crippen molar-refractivity contribution in [1.29, 1.82) is 0 Å². The number of hydrogen-bond acceptors (Lipinski definition) is 3. The second kappa shape index (κ2) is 6.10. The third-order valence-electron chi connectivity index (χ3n) is 3.50. The van der Waals surface area contributed by atoms with Crippen LogP contribution in [0.1, 0.15) is 24.3 Å². The molecule has 19 heavy (non-hydrogen) atoms. The first-order chi connectivity index (χ1) is 9.15. The number of benzene rings is 1. The standard InChI is InChI=1S/C14H17NO3S/c16-13(15-8-4-7-12(15)14(17)18)11(9-19)10-5-2-1-3-6-10/h1-3,5-6,11-12,19H,4,7-9H2,(H,17,18)/t11?,12-/m0/s1. The first-order valence-electron chi connectivity index (χ1n) is 6.34. The first kappa shape index (κ1) is 13.9. The molecule has 1 aromatic carbocycles. The van der Waals surface area contributed by atoms with Gasteiger partial charge in [-0.05, 0) is 18.4 Å². The quantitative estimate of drug-likeness (QED) is 0.826. The van der Waals surface area contributed by atoms with E-state index in [1.807, 2.05) is 30.3 Å². The first-order valence-corrected chi connectivity index (χ1v) is 6.97. The zero-order valence-corrected chi connectivity index (χ0v) is 11.4. The molecule has 2 atom stereocenters. The molecule has 1 unspecified atom stereocenters. The molecule has 0 radical (unpaired) electrons. The molecule has 0 saturated carbocycles. The molecule has 102 valence electrons. The van der Waals surface area contributed by atoms with Crippen LogP contribution in [0, 0.1) is 0 Å². The van der Waals surface area contributed by atoms with Crippen LogP contribution in [-0.4, -0.2) is 40.2 Å². The zero-order chi connectivity index (χ0) is 13.8. The van der Waals surface area contributed by atoms with E-state index in [0.717, 1.165) is 12.0 Å². The van der Waals surface area contributed by atoms with E-state index in [0.29, 0.717) is 18.7 Å². The molecule has 0 aromatic heterocycles. The van der Waals surface area contributed by atoms with Gasteiger partial charge in [-0.2, -0.15) is 12.6 Å². The third-order valence-corrected chi connectivity index (χ3v) is 3.87. The average molecular weight is 279 g/mol. The number of likely N-dealkylation sites (tertiary alicyclic amines) is 1. The van der Waals surface area contributed by atoms with Crippen LogP contribution in [0.2, 0.25) is 0 Å². The molecule has 1 aromatic rings. The molecule has 1 N–H and O–H groups in total. The fourth-order valence-electron chi connectivity index (χ4n) is 2.50. The van der Waals surface area contributed by atoms with Gasteiger partial charge >= 0.3 is 5.97 Å². The van der Waals surface area contributed by atoms with Crippen molar-refractivity contribution in [3.63, 3.8) is 0 Å². The Balaban J connectivity index is 2.19. The molecule has 0 bridgehead atoms. The number of aliphatic carboxylic acids is 1. The van der Waals surface area contributed by atoms with Gasteiger partial charge in [-0.1, -0.05) is 30.3 Å². The lowest BCUT2D eigenvalue weighted by Crippen LogP contribution is -2.43. The molecule has 1 fully saturated rings. The predicted molar refractivity (Wildman–Crippen MR) is 75.4 cm³/mol. The lowest BCUT2D eigenvalue weighted by molar-refractivity contribution is -0.148. The van der Waals surface area contributed by atoms with E-state index >= 15 is 0 Å². The van der Waals surface area contributed by atoms with Crippen LogP contribution < -0.4 is 0 Å². The van der Waals surface area contributed by atoms with Gasteiger partial charge in [0.25, 0.3) is 0 Å². The number of nitrogens with zero attached hydrogens (tertiary/aromatic N) is 1. The summed E-state index contributed by atoms with van der Waals surface area (Å²) < 4.78 is 0. The zero-order valence-electron chi connectivity index (χ0n) is 10.5. The van der Waals surface area contributed by atoms with Gasteiger partial charge in [-0.15, -0.1) is 0 Å². The van der Waals surface area contributed by atoms with Crippen LogP contribution in [0.4, 0.5) is 0 Å². The van der Waals surface area contributed by atoms with Crippen molar-refractivity contribution in [2.75, 3.05) is 12.3 Å². The predicted octanol–water partition coefficient (Wildman–Crippen LogP) is 1.78. The maximum Gasteiger partial charge on any atom is 0.326 e. The van der Waals surface area contributed by atoms with E-state index in [1.54, 1.807) is 0 Å². The van der Waals surface area contributed by atoms with Crippen LogP contribution in [-0.2, 0) is 9.59 Å². The molecule has 1 aliphatic rings. The monoisotopic (exact) mass is 279 g/mol. The number of carboxylic acids is 1. The lowest BCUT2D eigenvalue weighted by Gasteiger charge is -2.26. The van der Waals surface area contributed by atoms with Gasteiger partial charge in [-0.25, -0.2) is 4.79 Å². The summed E-state index contributed by atoms with van der Waals surface area (Å²) in [6, 6.07) is 8.71. The molecule has 1 saturated heterocycles. The number of carbonyl (C=O) groups excluding carboxylic acids is 1. The van der Waals surface area contributed by atoms with Crippen LogP contribution in [0.3, 0.4) is 0 Å². The number of carboxylic acid groups (broad SMARTS) is 1. The van der Waals surface area contributed by atoms with Gasteiger partial charge in [0.1, 0.15) is 6.04 Å². The lowest BCUT2D eigenvalue weighted by atomic mass is 9.99. The Morgan fingerprint density at radius 1 is 1.37 bits per heavy atom. The number of hydrogen-bond donors (Lipinski definition) is 2. The van der Waals surface area contributed by atoms with Crippen LogP contribution in [0.5, 0.6) is 0 Å². The van der Waals surface area contributed by atoms with E-state index in [-0.39, 0.29) is 11.8 Å². The number of carbonyl (C=O) groups is 2. The van der Waals surface area contributed by atoms with Gasteiger partial charge < -0.3 is 10.0 Å². The summed E-state index contributed by atoms with van der Waals surface area (Å²) in [6.07, 6.45) is 1.28. The van der Waals surface area contributed by atoms with E-state index < -0.39 is 12.0 Å². The minimum atomic E-state index is -0.920. The average Bonchev–Trinajstić information content (AvgIpc) is 2.90. The molecule has 1 amide bonds. The van der Waals surface area contributed by atoms with Gasteiger partial charge in [0.2, 0.25) is 5.91 Å². The number of amides is 1. The minimum Gasteiger partial charge on any atom is -0.480 e. The van der Waals surface area contributed by atoms with Crippen molar-refractivity contribution in [3.8, 4) is 0 Å². The SMILES string of the molecule is O=C(O)[C@@H]1CCCN1C(=O)C(CS)c1ccccc1. The Morgan fingerprint density at radius 3 is 2.63 bits per heavy atom. The van der Waals surface area contributed by atoms with Crippen molar-refractivity contribution in [1.82, 2.24) is 4.90 Å². The van der Waals surface area contributed by atoms with Crippen LogP contribution >= 0.6 is 12.6 Å². The van der Waals surface area contributed by atoms with Crippen molar-refractivity contribution in [3.05, 3.63) is 35.9 Å². The second-order valence-corrected chi connectivity index (χ2v) is 5.04. The Morgan fingerprint density at radius 2 is 2.05 bits per heavy atom. The molecule has 0 aliphatic carbocycles. The minimum absolute atomic E-state index is 0.133. The van der Waals surface area contributed by atoms with Gasteiger partial charge in [0, 0.05) is 12.3 Å². The summed E-state index contributed by atoms with van der Waals surface area (Å²) in [5.41, 5.74) is 0.888. The fraction of sp³-hybridized carbons (Fsp3) is 0.429. The molecular weight excluding hydrogens is 262 g/mol. The van der Waals surface area contributed by atoms with E-state index in [2.05, 4.69) is 12.6 Å². The van der Waals surface area contributed by atoms with Gasteiger partial charge in [-0.3, -0.25) is 4.79 Å². The molecule has 4 nitrogen and oxygen atoms in total. The smallest absolute Gasteiger partial charge is 0.326 e. The summed E-state index contributed by atoms with van der Waals surface area (Å²) in [6.45, 7) is 0.521. The van der Waals surface area contributed by atoms with Gasteiger partial charge in [0.15, 0.2) is 0 Å². The molecule has 1 heterocycles. The van der Waals surface area contributed by atoms with E-state index in [4.69, 9.17) is 5.11 Å². The largest absolute Gasteiger partial charge is 0.480 e. The van der Waals surface area contributed by atoms with Crippen LogP contribution in [0.15, 0.2) is 30.3 Å². The Bertz CT molecular complexity index is 463. The number of rotatable bonds is 4. The maximum absolute atomic E-state index is 12.5. The van der Waals surface area contributed by atoms with E-state index in [1.165, 1.54) is 4.90 Å². The Labute approximate surface area is 117 Å². The molecule has 5 heteroatoms. The molecular formula is C14H17NO3S. The van der Waals surface area contributed by atoms with Crippen LogP contribution in [0.25, 0.3) is 0 Å². The van der Waals surface area contributed by atoms with Crippen molar-refractivity contribution in [2.45, 2.75) is 24.8 Å². The summed E-state index contributed by atoms with van der Waals surface area (Å²) in [5.74, 6) is -1.04. The third kappa shape index (κ3) is 2.92. The Hall–Kier alpha value is -1.49. The highest BCUT2D eigenvalue weighted by molar-refractivity contribution is 7.80. The number of thiol groups is 1. The molecule has 1 aliphatic heterocycles. The Kier molecular flexibility index (Phi) is 4.47. The summed E-state index contributed by atoms with van der Waals surface area (Å²) in [5, 5.41) is 9.14. The summed E-state index contributed by atoms with van der Waals surface area (Å²) in [4.78, 5) is 25.1. The normalized spacial score (nSPS) is 20.3. The molecule has 2 rings (SSSR count). The van der Waals surface area contributed by atoms with Gasteiger partial charge in [0.05, 0.1) is 5.92 Å². The highest BCUT2D eigenvalue weighted by atomic mass is 32.1. The van der Waals surface area contributed by atoms with Crippen molar-refractivity contribution < 1.29 is 14.7 Å². The summed E-state index contributed by atoms with van der Waals surface area (Å²) >= 11 is 4.25. The summed E-state index contributed by atoms with van der Waals surface area (Å²) in [7, 11) is 0. The maximum atomic E-state index is 12.5. The van der Waals surface area contributed by atoms with E-state index in [9.17, 15) is 9.59 Å². The fourth-order valence-corrected chi connectivity index (χ4v) is 2.87. The van der Waals surface area contributed by atoms with Crippen molar-refractivity contribution >= 4 is 24.5 Å². The highest BCUT2D eigenvalue weighted by Gasteiger charge is 2.36. The second-order valence-electron chi connectivity index (χ2n) is 4.67.